The van der Waals surface area contributed by atoms with E-state index < -0.39 is 41.5 Å². The summed E-state index contributed by atoms with van der Waals surface area (Å²) in [6.07, 6.45) is 5.57. The summed E-state index contributed by atoms with van der Waals surface area (Å²) in [6.45, 7) is 28.1. The summed E-state index contributed by atoms with van der Waals surface area (Å²) in [4.78, 5) is 92.1. The number of nitrogens with zero attached hydrogens (tertiary/aromatic N) is 7. The lowest BCUT2D eigenvalue weighted by Crippen LogP contribution is -2.41. The van der Waals surface area contributed by atoms with Crippen molar-refractivity contribution in [3.63, 3.8) is 0 Å². The SMILES string of the molecule is CC(C)(C)OC(=O)c1nc(N2CCc3cccc(C(=O)Nc4nc5ccccc5s4)c3C2)ccc1B1OC(C)(C)C(C)(C)O1.CCOC(=O)CN1CCCC(CCCOc2cccc(-c3ccc(N4CCc5cccc(C(=O)Nc6nc7ccccc7s6)c5C4)nc3C(=O)OC(C)(C)C)c2C)C1. The predicted octanol–water partition coefficient (Wildman–Crippen LogP) is 14.6. The first-order valence-corrected chi connectivity index (χ1v) is 36.8. The number of anilines is 4. The third-order valence-electron chi connectivity index (χ3n) is 19.0. The Labute approximate surface area is 605 Å². The minimum atomic E-state index is -0.774. The van der Waals surface area contributed by atoms with Crippen molar-refractivity contribution in [1.82, 2.24) is 24.8 Å². The molecule has 532 valence electrons. The summed E-state index contributed by atoms with van der Waals surface area (Å²) in [5.74, 6) is 0.890. The molecular weight excluding hydrogens is 1330 g/mol. The molecule has 9 aromatic rings. The lowest BCUT2D eigenvalue weighted by Gasteiger charge is -2.32. The summed E-state index contributed by atoms with van der Waals surface area (Å²) < 4.78 is 37.8. The van der Waals surface area contributed by atoms with Crippen molar-refractivity contribution in [2.24, 2.45) is 5.92 Å². The Morgan fingerprint density at radius 2 is 1.15 bits per heavy atom. The Balaban J connectivity index is 0.000000200. The second-order valence-electron chi connectivity index (χ2n) is 29.3. The Bertz CT molecular complexity index is 4540. The van der Waals surface area contributed by atoms with Crippen LogP contribution in [0.3, 0.4) is 0 Å². The van der Waals surface area contributed by atoms with E-state index in [1.807, 2.05) is 198 Å². The van der Waals surface area contributed by atoms with Crippen LogP contribution in [0.4, 0.5) is 21.9 Å². The van der Waals surface area contributed by atoms with Gasteiger partial charge in [-0.3, -0.25) is 29.9 Å². The molecule has 0 radical (unpaired) electrons. The Morgan fingerprint density at radius 3 is 1.70 bits per heavy atom. The van der Waals surface area contributed by atoms with Gasteiger partial charge in [0.1, 0.15) is 28.6 Å². The molecule has 8 heterocycles. The molecule has 2 saturated heterocycles. The number of hydrogen-bond donors (Lipinski definition) is 2. The average Bonchev–Trinajstić information content (AvgIpc) is 1.24. The predicted molar refractivity (Wildman–Crippen MR) is 403 cm³/mol. The van der Waals surface area contributed by atoms with E-state index in [4.69, 9.17) is 38.2 Å². The van der Waals surface area contributed by atoms with E-state index in [2.05, 4.69) is 47.4 Å². The van der Waals surface area contributed by atoms with Crippen molar-refractivity contribution in [2.45, 2.75) is 157 Å². The maximum Gasteiger partial charge on any atom is 0.497 e. The molecular formula is C79H90BN9O11S2. The Morgan fingerprint density at radius 1 is 0.618 bits per heavy atom. The number of amides is 2. The third kappa shape index (κ3) is 17.0. The van der Waals surface area contributed by atoms with Crippen LogP contribution in [0.15, 0.2) is 127 Å². The molecule has 1 atom stereocenters. The average molecular weight is 1420 g/mol. The summed E-state index contributed by atoms with van der Waals surface area (Å²) in [7, 11) is -0.774. The maximum atomic E-state index is 13.9. The number of esters is 3. The summed E-state index contributed by atoms with van der Waals surface area (Å²) in [6, 6.07) is 40.8. The molecule has 2 fully saturated rings. The van der Waals surface area contributed by atoms with E-state index >= 15 is 0 Å². The maximum absolute atomic E-state index is 13.9. The van der Waals surface area contributed by atoms with E-state index in [0.29, 0.717) is 102 Å². The molecule has 20 nitrogen and oxygen atoms in total. The summed E-state index contributed by atoms with van der Waals surface area (Å²) >= 11 is 2.90. The Kier molecular flexibility index (Phi) is 21.7. The molecule has 4 aromatic heterocycles. The molecule has 4 aliphatic heterocycles. The molecule has 1 unspecified atom stereocenters. The van der Waals surface area contributed by atoms with Crippen LogP contribution in [-0.4, -0.2) is 130 Å². The lowest BCUT2D eigenvalue weighted by molar-refractivity contribution is -0.144. The van der Waals surface area contributed by atoms with Gasteiger partial charge < -0.3 is 38.1 Å². The molecule has 2 amide bonds. The normalized spacial score (nSPS) is 16.5. The number of benzene rings is 5. The second-order valence-corrected chi connectivity index (χ2v) is 31.4. The highest BCUT2D eigenvalue weighted by Gasteiger charge is 2.53. The van der Waals surface area contributed by atoms with Crippen molar-refractivity contribution in [3.8, 4) is 16.9 Å². The molecule has 23 heteroatoms. The molecule has 0 bridgehead atoms. The van der Waals surface area contributed by atoms with Crippen molar-refractivity contribution < 1.29 is 52.2 Å². The topological polar surface area (TPSA) is 226 Å². The van der Waals surface area contributed by atoms with E-state index in [9.17, 15) is 24.0 Å². The van der Waals surface area contributed by atoms with Gasteiger partial charge in [0.15, 0.2) is 21.7 Å². The fourth-order valence-corrected chi connectivity index (χ4v) is 15.0. The van der Waals surface area contributed by atoms with Crippen LogP contribution in [0, 0.1) is 12.8 Å². The number of nitrogens with one attached hydrogen (secondary N) is 2. The van der Waals surface area contributed by atoms with Gasteiger partial charge in [-0.1, -0.05) is 89.4 Å². The standard InChI is InChI=1S/C46H53N5O6S.C33H37BN4O5S/c1-6-55-41(52)29-50-24-11-13-31(27-50)14-12-26-56-38-19-10-16-33(30(38)2)34-21-22-40(48-42(34)44(54)57-46(3,4)5)51-25-23-32-15-9-17-35(36(32)28-51)43(53)49-45-47-37-18-7-8-20-39(37)58-45;1-31(2,3)41-29(40)27-23(34-42-32(4,5)33(6,7)43-34)15-16-26(36-27)38-18-17-20-11-10-12-21(22(20)19-38)28(39)37-30-35-24-13-8-9-14-25(24)44-30/h7-10,15-22,31H,6,11-14,23-29H2,1-5H3,(H,47,49,53);8-16H,17-19H2,1-7H3,(H,35,37,39). The van der Waals surface area contributed by atoms with Crippen molar-refractivity contribution >= 4 is 107 Å². The Hall–Kier alpha value is -9.13. The molecule has 2 N–H and O–H groups in total. The number of pyridine rings is 2. The first kappa shape index (κ1) is 72.7. The first-order valence-electron chi connectivity index (χ1n) is 35.2. The van der Waals surface area contributed by atoms with E-state index in [1.165, 1.54) is 22.7 Å². The number of fused-ring (bicyclic) bond motifs is 4. The van der Waals surface area contributed by atoms with Crippen molar-refractivity contribution in [1.29, 1.82) is 0 Å². The minimum absolute atomic E-state index is 0.156. The number of rotatable bonds is 18. The molecule has 4 aliphatic rings. The van der Waals surface area contributed by atoms with E-state index in [-0.39, 0.29) is 29.2 Å². The number of hydrogen-bond acceptors (Lipinski definition) is 20. The highest BCUT2D eigenvalue weighted by atomic mass is 32.1. The largest absolute Gasteiger partial charge is 0.497 e. The monoisotopic (exact) mass is 1420 g/mol. The van der Waals surface area contributed by atoms with Gasteiger partial charge in [0.25, 0.3) is 11.8 Å². The molecule has 0 spiro atoms. The number of ether oxygens (including phenoxy) is 4. The smallest absolute Gasteiger partial charge is 0.493 e. The zero-order chi connectivity index (χ0) is 72.3. The van der Waals surface area contributed by atoms with Gasteiger partial charge in [0, 0.05) is 54.9 Å². The van der Waals surface area contributed by atoms with Crippen LogP contribution in [0.2, 0.25) is 0 Å². The van der Waals surface area contributed by atoms with Crippen LogP contribution in [-0.2, 0) is 54.2 Å². The molecule has 0 saturated carbocycles. The van der Waals surface area contributed by atoms with Crippen LogP contribution in [0.5, 0.6) is 5.75 Å². The summed E-state index contributed by atoms with van der Waals surface area (Å²) in [5.41, 5.74) is 7.68. The zero-order valence-corrected chi connectivity index (χ0v) is 62.0. The zero-order valence-electron chi connectivity index (χ0n) is 60.3. The van der Waals surface area contributed by atoms with Gasteiger partial charge in [0.05, 0.1) is 51.4 Å². The fraction of sp³-hybridized carbons (Fsp3) is 0.405. The lowest BCUT2D eigenvalue weighted by atomic mass is 9.77. The number of para-hydroxylation sites is 2. The quantitative estimate of drug-likeness (QED) is 0.0352. The second kappa shape index (κ2) is 30.4. The third-order valence-corrected chi connectivity index (χ3v) is 20.9. The first-order chi connectivity index (χ1) is 48.7. The number of piperidine rings is 1. The molecule has 5 aromatic carbocycles. The van der Waals surface area contributed by atoms with E-state index in [0.717, 1.165) is 105 Å². The van der Waals surface area contributed by atoms with E-state index in [1.54, 1.807) is 0 Å². The van der Waals surface area contributed by atoms with Gasteiger partial charge >= 0.3 is 25.0 Å². The van der Waals surface area contributed by atoms with Crippen molar-refractivity contribution in [3.05, 3.63) is 178 Å². The van der Waals surface area contributed by atoms with Gasteiger partial charge in [0.2, 0.25) is 0 Å². The van der Waals surface area contributed by atoms with Crippen LogP contribution < -0.4 is 30.6 Å². The molecule has 0 aliphatic carbocycles. The molecule has 102 heavy (non-hydrogen) atoms. The number of aromatic nitrogens is 4. The van der Waals surface area contributed by atoms with Crippen molar-refractivity contribution in [2.75, 3.05) is 66.4 Å². The van der Waals surface area contributed by atoms with Crippen LogP contribution in [0.25, 0.3) is 31.6 Å². The number of thiazole rings is 2. The summed E-state index contributed by atoms with van der Waals surface area (Å²) in [5, 5.41) is 7.13. The van der Waals surface area contributed by atoms with Crippen LogP contribution >= 0.6 is 22.7 Å². The van der Waals surface area contributed by atoms with Gasteiger partial charge in [-0.25, -0.2) is 29.5 Å². The number of carbonyl (C=O) groups is 5. The highest BCUT2D eigenvalue weighted by molar-refractivity contribution is 7.22. The number of likely N-dealkylation sites (tertiary alicyclic amines) is 1. The highest BCUT2D eigenvalue weighted by Crippen LogP contribution is 2.39. The number of carbonyl (C=O) groups excluding carboxylic acids is 5. The van der Waals surface area contributed by atoms with Gasteiger partial charge in [-0.15, -0.1) is 0 Å². The fourth-order valence-electron chi connectivity index (χ4n) is 13.3. The minimum Gasteiger partial charge on any atom is -0.493 e. The molecule has 13 rings (SSSR count). The van der Waals surface area contributed by atoms with Gasteiger partial charge in [-0.05, 0) is 228 Å². The van der Waals surface area contributed by atoms with Crippen LogP contribution in [0.1, 0.15) is 171 Å². The van der Waals surface area contributed by atoms with Gasteiger partial charge in [-0.2, -0.15) is 0 Å².